The van der Waals surface area contributed by atoms with E-state index < -0.39 is 34.4 Å². The van der Waals surface area contributed by atoms with E-state index in [2.05, 4.69) is 10.6 Å². The average Bonchev–Trinajstić information content (AvgIpc) is 2.97. The van der Waals surface area contributed by atoms with Gasteiger partial charge in [-0.05, 0) is 73.0 Å². The molecule has 8 heteroatoms. The molecule has 0 fully saturated rings. The van der Waals surface area contributed by atoms with Gasteiger partial charge in [0, 0.05) is 11.4 Å². The highest BCUT2D eigenvalue weighted by atomic mass is 19.4. The molecule has 0 radical (unpaired) electrons. The van der Waals surface area contributed by atoms with E-state index in [9.17, 15) is 27.2 Å². The second kappa shape index (κ2) is 7.47. The lowest BCUT2D eigenvalue weighted by Gasteiger charge is -2.20. The van der Waals surface area contributed by atoms with Gasteiger partial charge in [0.15, 0.2) is 0 Å². The van der Waals surface area contributed by atoms with Gasteiger partial charge in [0.2, 0.25) is 5.91 Å². The molecule has 1 aliphatic heterocycles. The number of rotatable bonds is 3. The van der Waals surface area contributed by atoms with Crippen molar-refractivity contribution in [3.63, 3.8) is 0 Å². The zero-order chi connectivity index (χ0) is 23.3. The number of carbonyl (C=O) groups is 2. The van der Waals surface area contributed by atoms with Gasteiger partial charge in [-0.2, -0.15) is 13.2 Å². The van der Waals surface area contributed by atoms with Crippen LogP contribution in [0, 0.1) is 5.82 Å². The summed E-state index contributed by atoms with van der Waals surface area (Å²) in [5, 5.41) is 5.16. The summed E-state index contributed by atoms with van der Waals surface area (Å²) in [4.78, 5) is 25.2. The Hall–Kier alpha value is -3.68. The lowest BCUT2D eigenvalue weighted by atomic mass is 9.81. The zero-order valence-corrected chi connectivity index (χ0v) is 17.1. The molecule has 0 saturated carbocycles. The first kappa shape index (κ1) is 21.5. The second-order valence-corrected chi connectivity index (χ2v) is 8.03. The van der Waals surface area contributed by atoms with Crippen LogP contribution in [-0.4, -0.2) is 11.8 Å². The van der Waals surface area contributed by atoms with Crippen molar-refractivity contribution in [2.45, 2.75) is 25.4 Å². The van der Waals surface area contributed by atoms with Crippen LogP contribution in [0.3, 0.4) is 0 Å². The van der Waals surface area contributed by atoms with Crippen LogP contribution in [-0.2, 0) is 16.4 Å². The number of fused-ring (bicyclic) bond motifs is 1. The van der Waals surface area contributed by atoms with Crippen LogP contribution in [0.5, 0.6) is 0 Å². The predicted molar refractivity (Wildman–Crippen MR) is 113 cm³/mol. The predicted octanol–water partition coefficient (Wildman–Crippen LogP) is 5.99. The largest absolute Gasteiger partial charge is 0.417 e. The fourth-order valence-electron chi connectivity index (χ4n) is 3.84. The molecule has 4 nitrogen and oxygen atoms in total. The highest BCUT2D eigenvalue weighted by molar-refractivity contribution is 6.09. The molecule has 1 heterocycles. The number of hydrogen-bond donors (Lipinski definition) is 2. The molecule has 0 spiro atoms. The maximum atomic E-state index is 13.6. The van der Waals surface area contributed by atoms with Crippen LogP contribution in [0.15, 0.2) is 60.7 Å². The van der Waals surface area contributed by atoms with E-state index in [0.29, 0.717) is 22.4 Å². The maximum Gasteiger partial charge on any atom is 0.417 e. The van der Waals surface area contributed by atoms with Gasteiger partial charge in [0.1, 0.15) is 5.82 Å². The van der Waals surface area contributed by atoms with E-state index in [1.807, 2.05) is 0 Å². The third kappa shape index (κ3) is 3.72. The van der Waals surface area contributed by atoms with Crippen LogP contribution >= 0.6 is 0 Å². The summed E-state index contributed by atoms with van der Waals surface area (Å²) in [7, 11) is 0. The van der Waals surface area contributed by atoms with Crippen molar-refractivity contribution >= 4 is 23.2 Å². The molecule has 32 heavy (non-hydrogen) atoms. The number of hydrogen-bond acceptors (Lipinski definition) is 2. The fourth-order valence-corrected chi connectivity index (χ4v) is 3.84. The zero-order valence-electron chi connectivity index (χ0n) is 17.1. The number of carbonyl (C=O) groups excluding carboxylic acids is 2. The Morgan fingerprint density at radius 2 is 1.69 bits per heavy atom. The van der Waals surface area contributed by atoms with Crippen molar-refractivity contribution in [1.82, 2.24) is 0 Å². The minimum absolute atomic E-state index is 0.159. The van der Waals surface area contributed by atoms with E-state index in [0.717, 1.165) is 24.3 Å². The summed E-state index contributed by atoms with van der Waals surface area (Å²) in [5.41, 5.74) is -0.269. The topological polar surface area (TPSA) is 58.2 Å². The van der Waals surface area contributed by atoms with Crippen LogP contribution in [0.4, 0.5) is 28.9 Å². The number of anilines is 2. The van der Waals surface area contributed by atoms with E-state index in [1.165, 1.54) is 18.2 Å². The van der Waals surface area contributed by atoms with Crippen molar-refractivity contribution in [1.29, 1.82) is 0 Å². The van der Waals surface area contributed by atoms with E-state index >= 15 is 0 Å². The van der Waals surface area contributed by atoms with Crippen molar-refractivity contribution in [3.05, 3.63) is 83.2 Å². The molecule has 0 unspecified atom stereocenters. The first-order valence-electron chi connectivity index (χ1n) is 9.72. The maximum absolute atomic E-state index is 13.6. The molecule has 2 amide bonds. The second-order valence-electron chi connectivity index (χ2n) is 8.03. The monoisotopic (exact) mass is 442 g/mol. The van der Waals surface area contributed by atoms with Crippen LogP contribution in [0.2, 0.25) is 0 Å². The Labute approximate surface area is 181 Å². The molecule has 3 aromatic rings. The minimum atomic E-state index is -4.76. The smallest absolute Gasteiger partial charge is 0.325 e. The number of alkyl halides is 3. The normalized spacial score (nSPS) is 14.6. The molecule has 1 aliphatic rings. The summed E-state index contributed by atoms with van der Waals surface area (Å²) in [6.07, 6.45) is -4.76. The van der Waals surface area contributed by atoms with Gasteiger partial charge < -0.3 is 10.6 Å². The first-order chi connectivity index (χ1) is 15.0. The standard InChI is InChI=1S/C24H18F4N2O2/c1-23(2)20-16(4-3-5-19(20)30-22(23)32)13-6-11-18(24(26,27)28)17(12-13)21(31)29-15-9-7-14(25)8-10-15/h3-12H,1-2H3,(H,29,31)(H,30,32). The van der Waals surface area contributed by atoms with Crippen molar-refractivity contribution in [2.24, 2.45) is 0 Å². The lowest BCUT2D eigenvalue weighted by molar-refractivity contribution is -0.137. The Kier molecular flexibility index (Phi) is 5.03. The summed E-state index contributed by atoms with van der Waals surface area (Å²) >= 11 is 0. The molecular formula is C24H18F4N2O2. The number of halogens is 4. The van der Waals surface area contributed by atoms with E-state index in [1.54, 1.807) is 32.0 Å². The van der Waals surface area contributed by atoms with E-state index in [-0.39, 0.29) is 11.6 Å². The van der Waals surface area contributed by atoms with Gasteiger partial charge >= 0.3 is 6.18 Å². The van der Waals surface area contributed by atoms with Gasteiger partial charge in [-0.3, -0.25) is 9.59 Å². The van der Waals surface area contributed by atoms with Crippen LogP contribution in [0.25, 0.3) is 11.1 Å². The summed E-state index contributed by atoms with van der Waals surface area (Å²) in [6, 6.07) is 13.1. The molecular weight excluding hydrogens is 424 g/mol. The van der Waals surface area contributed by atoms with Gasteiger partial charge in [-0.1, -0.05) is 18.2 Å². The third-order valence-electron chi connectivity index (χ3n) is 5.49. The van der Waals surface area contributed by atoms with Crippen molar-refractivity contribution < 1.29 is 27.2 Å². The minimum Gasteiger partial charge on any atom is -0.325 e. The molecule has 4 rings (SSSR count). The fraction of sp³-hybridized carbons (Fsp3) is 0.167. The van der Waals surface area contributed by atoms with E-state index in [4.69, 9.17) is 0 Å². The van der Waals surface area contributed by atoms with Crippen molar-refractivity contribution in [3.8, 4) is 11.1 Å². The summed E-state index contributed by atoms with van der Waals surface area (Å²) in [6.45, 7) is 3.45. The Morgan fingerprint density at radius 3 is 2.34 bits per heavy atom. The highest BCUT2D eigenvalue weighted by Crippen LogP contribution is 2.44. The van der Waals surface area contributed by atoms with Gasteiger partial charge in [-0.15, -0.1) is 0 Å². The molecule has 0 aromatic heterocycles. The van der Waals surface area contributed by atoms with Crippen molar-refractivity contribution in [2.75, 3.05) is 10.6 Å². The van der Waals surface area contributed by atoms with Crippen LogP contribution < -0.4 is 10.6 Å². The SMILES string of the molecule is CC1(C)C(=O)Nc2cccc(-c3ccc(C(F)(F)F)c(C(=O)Nc4ccc(F)cc4)c3)c21. The molecule has 0 aliphatic carbocycles. The quantitative estimate of drug-likeness (QED) is 0.490. The lowest BCUT2D eigenvalue weighted by Crippen LogP contribution is -2.27. The molecule has 0 bridgehead atoms. The molecule has 0 atom stereocenters. The highest BCUT2D eigenvalue weighted by Gasteiger charge is 2.41. The molecule has 164 valence electrons. The summed E-state index contributed by atoms with van der Waals surface area (Å²) < 4.78 is 54.0. The van der Waals surface area contributed by atoms with Gasteiger partial charge in [0.05, 0.1) is 16.5 Å². The molecule has 0 saturated heterocycles. The number of benzene rings is 3. The first-order valence-corrected chi connectivity index (χ1v) is 9.72. The third-order valence-corrected chi connectivity index (χ3v) is 5.49. The Bertz CT molecular complexity index is 1230. The molecule has 3 aromatic carbocycles. The van der Waals surface area contributed by atoms with Crippen LogP contribution in [0.1, 0.15) is 35.3 Å². The molecule has 2 N–H and O–H groups in total. The van der Waals surface area contributed by atoms with Gasteiger partial charge in [-0.25, -0.2) is 4.39 Å². The summed E-state index contributed by atoms with van der Waals surface area (Å²) in [5.74, 6) is -1.74. The Morgan fingerprint density at radius 1 is 1.00 bits per heavy atom. The number of nitrogens with one attached hydrogen (secondary N) is 2. The Balaban J connectivity index is 1.82. The average molecular weight is 442 g/mol. The van der Waals surface area contributed by atoms with Gasteiger partial charge in [0.25, 0.3) is 5.91 Å². The number of amides is 2.